The molecule has 0 heterocycles. The van der Waals surface area contributed by atoms with Crippen LogP contribution in [0.4, 0.5) is 0 Å². The molecule has 0 aliphatic carbocycles. The minimum atomic E-state index is 0.350. The van der Waals surface area contributed by atoms with Crippen LogP contribution in [0, 0.1) is 17.8 Å². The smallest absolute Gasteiger partial charge is 0.222 e. The lowest BCUT2D eigenvalue weighted by molar-refractivity contribution is -0.135. The number of carbonyl (C=O) groups excluding carboxylic acids is 3. The van der Waals surface area contributed by atoms with Gasteiger partial charge in [0.15, 0.2) is 0 Å². The van der Waals surface area contributed by atoms with Crippen molar-refractivity contribution in [1.82, 2.24) is 10.2 Å². The number of nitrogens with one attached hydrogen (secondary N) is 1. The molecule has 0 fully saturated rings. The summed E-state index contributed by atoms with van der Waals surface area (Å²) >= 11 is 0. The number of ketones is 2. The molecule has 4 unspecified atom stereocenters. The molecule has 0 aliphatic heterocycles. The van der Waals surface area contributed by atoms with Crippen LogP contribution in [0.5, 0.6) is 0 Å². The summed E-state index contributed by atoms with van der Waals surface area (Å²) in [6, 6.07) is 0.350. The largest absolute Gasteiger partial charge is 0.339 e. The van der Waals surface area contributed by atoms with E-state index in [1.54, 1.807) is 0 Å². The Kier molecular flexibility index (Phi) is 48.3. The molecule has 1 amide bonds. The second kappa shape index (κ2) is 49.2. The topological polar surface area (TPSA) is 66.5 Å². The van der Waals surface area contributed by atoms with Gasteiger partial charge in [-0.2, -0.15) is 0 Å². The monoisotopic (exact) mass is 915 g/mol. The van der Waals surface area contributed by atoms with E-state index in [0.717, 1.165) is 108 Å². The van der Waals surface area contributed by atoms with Crippen LogP contribution in [0.1, 0.15) is 324 Å². The van der Waals surface area contributed by atoms with E-state index in [0.29, 0.717) is 35.9 Å². The number of Topliss-reactive ketones (excluding diaryl/α,β-unsaturated/α-hetero) is 2. The van der Waals surface area contributed by atoms with Crippen molar-refractivity contribution in [3.63, 3.8) is 0 Å². The van der Waals surface area contributed by atoms with Gasteiger partial charge in [-0.25, -0.2) is 0 Å². The Morgan fingerprint density at radius 2 is 0.708 bits per heavy atom. The van der Waals surface area contributed by atoms with Gasteiger partial charge in [-0.15, -0.1) is 0 Å². The molecule has 65 heavy (non-hydrogen) atoms. The van der Waals surface area contributed by atoms with Gasteiger partial charge in [0.2, 0.25) is 5.91 Å². The zero-order valence-electron chi connectivity index (χ0n) is 45.5. The molecule has 0 spiro atoms. The van der Waals surface area contributed by atoms with Gasteiger partial charge in [0.1, 0.15) is 11.6 Å². The van der Waals surface area contributed by atoms with Crippen molar-refractivity contribution in [2.24, 2.45) is 17.8 Å². The molecular formula is C60H118N2O3. The van der Waals surface area contributed by atoms with Gasteiger partial charge in [0, 0.05) is 44.7 Å². The summed E-state index contributed by atoms with van der Waals surface area (Å²) in [5.74, 6) is 3.49. The number of hydrogen-bond donors (Lipinski definition) is 1. The maximum Gasteiger partial charge on any atom is 0.222 e. The molecule has 0 rings (SSSR count). The Morgan fingerprint density at radius 3 is 1.15 bits per heavy atom. The van der Waals surface area contributed by atoms with Gasteiger partial charge < -0.3 is 10.2 Å². The first-order valence-corrected chi connectivity index (χ1v) is 29.8. The molecule has 0 saturated carbocycles. The summed E-state index contributed by atoms with van der Waals surface area (Å²) in [6.07, 6.45) is 51.9. The Hall–Kier alpha value is -1.23. The normalized spacial score (nSPS) is 13.5. The number of rotatable bonds is 53. The second-order valence-corrected chi connectivity index (χ2v) is 21.2. The van der Waals surface area contributed by atoms with E-state index in [-0.39, 0.29) is 0 Å². The lowest BCUT2D eigenvalue weighted by atomic mass is 9.89. The van der Waals surface area contributed by atoms with Gasteiger partial charge in [-0.3, -0.25) is 14.4 Å². The molecule has 0 aliphatic rings. The minimum absolute atomic E-state index is 0.350. The highest BCUT2D eigenvalue weighted by Crippen LogP contribution is 2.27. The van der Waals surface area contributed by atoms with Crippen LogP contribution in [0.2, 0.25) is 0 Å². The SMILES string of the molecule is CCCCCCC(CCCC)CCC(=O)CCCCCCCCC(CCCCCCCCC(=O)CCC(CCCCC)CCCCCC)N(CC(CC)CCCC)C(=O)CCCCNC. The number of carbonyl (C=O) groups is 3. The van der Waals surface area contributed by atoms with Gasteiger partial charge >= 0.3 is 0 Å². The Balaban J connectivity index is 5.06. The maximum atomic E-state index is 14.1. The Bertz CT molecular complexity index is 1030. The molecule has 0 bridgehead atoms. The maximum absolute atomic E-state index is 14.1. The second-order valence-electron chi connectivity index (χ2n) is 21.2. The summed E-state index contributed by atoms with van der Waals surface area (Å²) in [4.78, 5) is 42.2. The third kappa shape index (κ3) is 40.4. The van der Waals surface area contributed by atoms with E-state index >= 15 is 0 Å². The Labute approximate surface area is 408 Å². The fourth-order valence-electron chi connectivity index (χ4n) is 10.4. The number of amides is 1. The highest BCUT2D eigenvalue weighted by atomic mass is 16.2. The first-order chi connectivity index (χ1) is 31.8. The third-order valence-corrected chi connectivity index (χ3v) is 15.1. The number of unbranched alkanes of at least 4 members (excludes halogenated alkanes) is 21. The van der Waals surface area contributed by atoms with Crippen LogP contribution in [-0.2, 0) is 14.4 Å². The average Bonchev–Trinajstić information content (AvgIpc) is 3.31. The van der Waals surface area contributed by atoms with Crippen LogP contribution in [-0.4, -0.2) is 48.6 Å². The molecule has 0 radical (unpaired) electrons. The van der Waals surface area contributed by atoms with Crippen molar-refractivity contribution >= 4 is 17.5 Å². The zero-order valence-corrected chi connectivity index (χ0v) is 45.5. The van der Waals surface area contributed by atoms with Crippen molar-refractivity contribution in [1.29, 1.82) is 0 Å². The molecule has 0 saturated heterocycles. The predicted octanol–water partition coefficient (Wildman–Crippen LogP) is 18.7. The van der Waals surface area contributed by atoms with Crippen LogP contribution in [0.25, 0.3) is 0 Å². The van der Waals surface area contributed by atoms with Crippen molar-refractivity contribution < 1.29 is 14.4 Å². The lowest BCUT2D eigenvalue weighted by Crippen LogP contribution is -2.43. The Morgan fingerprint density at radius 1 is 0.354 bits per heavy atom. The van der Waals surface area contributed by atoms with E-state index < -0.39 is 0 Å². The molecule has 1 N–H and O–H groups in total. The number of hydrogen-bond acceptors (Lipinski definition) is 4. The summed E-state index contributed by atoms with van der Waals surface area (Å²) in [5.41, 5.74) is 0. The zero-order chi connectivity index (χ0) is 47.9. The summed E-state index contributed by atoms with van der Waals surface area (Å²) in [7, 11) is 2.01. The molecule has 0 aromatic carbocycles. The first-order valence-electron chi connectivity index (χ1n) is 29.8. The van der Waals surface area contributed by atoms with Gasteiger partial charge in [0.25, 0.3) is 0 Å². The summed E-state index contributed by atoms with van der Waals surface area (Å²) in [6.45, 7) is 15.7. The highest BCUT2D eigenvalue weighted by molar-refractivity contribution is 5.78. The van der Waals surface area contributed by atoms with E-state index in [1.165, 1.54) is 193 Å². The van der Waals surface area contributed by atoms with Crippen molar-refractivity contribution in [3.8, 4) is 0 Å². The third-order valence-electron chi connectivity index (χ3n) is 15.1. The van der Waals surface area contributed by atoms with E-state index in [4.69, 9.17) is 0 Å². The van der Waals surface area contributed by atoms with Crippen molar-refractivity contribution in [2.45, 2.75) is 330 Å². The molecule has 386 valence electrons. The van der Waals surface area contributed by atoms with Crippen molar-refractivity contribution in [3.05, 3.63) is 0 Å². The average molecular weight is 916 g/mol. The standard InChI is InChI=1S/C60H118N2O3/c1-8-14-19-30-41-55(39-18-12-5)48-50-58(63)45-34-27-23-21-25-32-43-57(62(53-54(13-6)38-17-11-4)60(65)47-36-37-52-61-7)44-33-26-22-24-28-35-46-59(64)51-49-56(40-29-16-10-3)42-31-20-15-9-2/h54-57,61H,8-53H2,1-7H3. The van der Waals surface area contributed by atoms with E-state index in [2.05, 4.69) is 51.8 Å². The highest BCUT2D eigenvalue weighted by Gasteiger charge is 2.25. The van der Waals surface area contributed by atoms with Crippen LogP contribution in [0.3, 0.4) is 0 Å². The number of nitrogens with zero attached hydrogens (tertiary/aromatic N) is 1. The molecule has 4 atom stereocenters. The molecule has 0 aromatic rings. The summed E-state index contributed by atoms with van der Waals surface area (Å²) in [5, 5.41) is 3.27. The lowest BCUT2D eigenvalue weighted by Gasteiger charge is -2.35. The quantitative estimate of drug-likeness (QED) is 0.0618. The van der Waals surface area contributed by atoms with Gasteiger partial charge in [-0.05, 0) is 89.1 Å². The van der Waals surface area contributed by atoms with Crippen molar-refractivity contribution in [2.75, 3.05) is 20.1 Å². The molecule has 0 aromatic heterocycles. The van der Waals surface area contributed by atoms with Gasteiger partial charge in [0.05, 0.1) is 0 Å². The molecule has 5 heteroatoms. The van der Waals surface area contributed by atoms with Crippen LogP contribution in [0.15, 0.2) is 0 Å². The fraction of sp³-hybridized carbons (Fsp3) is 0.950. The minimum Gasteiger partial charge on any atom is -0.339 e. The van der Waals surface area contributed by atoms with Gasteiger partial charge in [-0.1, -0.05) is 234 Å². The predicted molar refractivity (Wildman–Crippen MR) is 287 cm³/mol. The first kappa shape index (κ1) is 63.8. The fourth-order valence-corrected chi connectivity index (χ4v) is 10.4. The summed E-state index contributed by atoms with van der Waals surface area (Å²) < 4.78 is 0. The van der Waals surface area contributed by atoms with E-state index in [1.807, 2.05) is 7.05 Å². The van der Waals surface area contributed by atoms with Crippen LogP contribution < -0.4 is 5.32 Å². The van der Waals surface area contributed by atoms with Crippen LogP contribution >= 0.6 is 0 Å². The molecular weight excluding hydrogens is 797 g/mol. The van der Waals surface area contributed by atoms with E-state index in [9.17, 15) is 14.4 Å². The molecule has 5 nitrogen and oxygen atoms in total.